The molecule has 0 saturated heterocycles. The maximum Gasteiger partial charge on any atom is 0.137 e. The van der Waals surface area contributed by atoms with E-state index in [9.17, 15) is 10.5 Å². The van der Waals surface area contributed by atoms with Gasteiger partial charge in [0.25, 0.3) is 0 Å². The molecule has 0 amide bonds. The van der Waals surface area contributed by atoms with E-state index in [1.54, 1.807) is 11.0 Å². The highest BCUT2D eigenvalue weighted by atomic mass is 15.3. The second-order valence-corrected chi connectivity index (χ2v) is 6.98. The molecular formula is C18H23N6+. The minimum atomic E-state index is -0.661. The number of hydrogen-bond acceptors (Lipinski definition) is 4. The van der Waals surface area contributed by atoms with Crippen LogP contribution in [0.15, 0.2) is 24.8 Å². The van der Waals surface area contributed by atoms with E-state index >= 15 is 0 Å². The molecule has 0 aliphatic carbocycles. The normalized spacial score (nSPS) is 11.8. The van der Waals surface area contributed by atoms with Crippen LogP contribution in [0.2, 0.25) is 0 Å². The first-order chi connectivity index (χ1) is 11.2. The van der Waals surface area contributed by atoms with Crippen molar-refractivity contribution in [1.82, 2.24) is 14.8 Å². The fraction of sp³-hybridized carbons (Fsp3) is 0.444. The standard InChI is InChI=1S/C18H22N6/c1-17(2,9-20)14-5-13(8-24-12-22-11-23-24)15(7-19)16(6-14)18(3,4)10-21/h5-6,11-12H,7-8,19H2,1-4H3/p+1. The highest BCUT2D eigenvalue weighted by Gasteiger charge is 2.29. The van der Waals surface area contributed by atoms with Crippen molar-refractivity contribution in [3.8, 4) is 12.1 Å². The molecule has 0 saturated carbocycles. The van der Waals surface area contributed by atoms with Gasteiger partial charge in [0.2, 0.25) is 0 Å². The summed E-state index contributed by atoms with van der Waals surface area (Å²) in [5.74, 6) is 0. The Balaban J connectivity index is 2.72. The lowest BCUT2D eigenvalue weighted by molar-refractivity contribution is -0.386. The third kappa shape index (κ3) is 3.29. The van der Waals surface area contributed by atoms with Crippen LogP contribution in [0.3, 0.4) is 0 Å². The minimum Gasteiger partial charge on any atom is -0.354 e. The monoisotopic (exact) mass is 323 g/mol. The Kier molecular flexibility index (Phi) is 4.73. The van der Waals surface area contributed by atoms with Gasteiger partial charge in [-0.05, 0) is 44.4 Å². The SMILES string of the molecule is CC(C)(C#N)c1cc(Cn2cncn2)c(C[NH3+])c(C(C)(C)C#N)c1. The van der Waals surface area contributed by atoms with E-state index in [0.29, 0.717) is 13.1 Å². The number of nitriles is 2. The Morgan fingerprint density at radius 2 is 1.79 bits per heavy atom. The summed E-state index contributed by atoms with van der Waals surface area (Å²) >= 11 is 0. The Hall–Kier alpha value is -2.70. The van der Waals surface area contributed by atoms with E-state index in [1.165, 1.54) is 6.33 Å². The summed E-state index contributed by atoms with van der Waals surface area (Å²) < 4.78 is 1.74. The number of hydrogen-bond donors (Lipinski definition) is 1. The quantitative estimate of drug-likeness (QED) is 0.903. The lowest BCUT2D eigenvalue weighted by atomic mass is 9.76. The van der Waals surface area contributed by atoms with Crippen molar-refractivity contribution in [2.75, 3.05) is 0 Å². The maximum atomic E-state index is 9.60. The molecule has 1 aromatic carbocycles. The van der Waals surface area contributed by atoms with Gasteiger partial charge >= 0.3 is 0 Å². The zero-order valence-corrected chi connectivity index (χ0v) is 14.7. The van der Waals surface area contributed by atoms with Crippen LogP contribution in [0.25, 0.3) is 0 Å². The summed E-state index contributed by atoms with van der Waals surface area (Å²) in [6, 6.07) is 8.73. The fourth-order valence-electron chi connectivity index (χ4n) is 2.70. The number of aromatic nitrogens is 3. The number of nitrogens with zero attached hydrogens (tertiary/aromatic N) is 5. The van der Waals surface area contributed by atoms with Crippen molar-refractivity contribution in [3.05, 3.63) is 47.0 Å². The molecule has 1 heterocycles. The Bertz CT molecular complexity index is 803. The van der Waals surface area contributed by atoms with Gasteiger partial charge in [0, 0.05) is 5.56 Å². The molecule has 3 N–H and O–H groups in total. The van der Waals surface area contributed by atoms with Crippen molar-refractivity contribution in [1.29, 1.82) is 10.5 Å². The molecule has 0 aliphatic heterocycles. The molecule has 0 spiro atoms. The third-order valence-corrected chi connectivity index (χ3v) is 4.35. The minimum absolute atomic E-state index is 0.536. The molecule has 124 valence electrons. The van der Waals surface area contributed by atoms with Crippen molar-refractivity contribution >= 4 is 0 Å². The van der Waals surface area contributed by atoms with Gasteiger partial charge < -0.3 is 5.73 Å². The molecule has 6 heteroatoms. The molecule has 1 aromatic heterocycles. The van der Waals surface area contributed by atoms with Crippen LogP contribution < -0.4 is 5.73 Å². The zero-order valence-electron chi connectivity index (χ0n) is 14.7. The second-order valence-electron chi connectivity index (χ2n) is 6.98. The van der Waals surface area contributed by atoms with Crippen LogP contribution >= 0.6 is 0 Å². The van der Waals surface area contributed by atoms with Crippen molar-refractivity contribution in [3.63, 3.8) is 0 Å². The average Bonchev–Trinajstić information content (AvgIpc) is 3.07. The van der Waals surface area contributed by atoms with E-state index in [2.05, 4.69) is 28.0 Å². The van der Waals surface area contributed by atoms with E-state index in [4.69, 9.17) is 0 Å². The molecule has 2 aromatic rings. The van der Waals surface area contributed by atoms with Gasteiger partial charge in [0.1, 0.15) is 19.2 Å². The lowest BCUT2D eigenvalue weighted by Gasteiger charge is -2.26. The molecule has 6 nitrogen and oxygen atoms in total. The summed E-state index contributed by atoms with van der Waals surface area (Å²) in [6.07, 6.45) is 3.15. The average molecular weight is 323 g/mol. The van der Waals surface area contributed by atoms with Crippen LogP contribution in [0.5, 0.6) is 0 Å². The first-order valence-electron chi connectivity index (χ1n) is 7.86. The first-order valence-corrected chi connectivity index (χ1v) is 7.86. The van der Waals surface area contributed by atoms with E-state index in [1.807, 2.05) is 39.8 Å². The summed E-state index contributed by atoms with van der Waals surface area (Å²) in [5, 5.41) is 23.3. The van der Waals surface area contributed by atoms with Gasteiger partial charge in [-0.15, -0.1) is 0 Å². The predicted molar refractivity (Wildman–Crippen MR) is 89.4 cm³/mol. The van der Waals surface area contributed by atoms with Gasteiger partial charge in [0.05, 0.1) is 29.5 Å². The molecule has 0 aliphatic rings. The highest BCUT2D eigenvalue weighted by molar-refractivity contribution is 5.48. The molecule has 0 fully saturated rings. The first kappa shape index (κ1) is 17.7. The molecule has 0 unspecified atom stereocenters. The van der Waals surface area contributed by atoms with Crippen LogP contribution in [-0.2, 0) is 23.9 Å². The Morgan fingerprint density at radius 1 is 1.12 bits per heavy atom. The molecule has 0 bridgehead atoms. The van der Waals surface area contributed by atoms with Crippen LogP contribution in [0.1, 0.15) is 49.9 Å². The maximum absolute atomic E-state index is 9.60. The Morgan fingerprint density at radius 3 is 2.29 bits per heavy atom. The summed E-state index contributed by atoms with van der Waals surface area (Å²) in [7, 11) is 0. The van der Waals surface area contributed by atoms with Crippen molar-refractivity contribution in [2.24, 2.45) is 0 Å². The second kappa shape index (κ2) is 6.43. The third-order valence-electron chi connectivity index (χ3n) is 4.35. The zero-order chi connectivity index (χ0) is 18.0. The largest absolute Gasteiger partial charge is 0.354 e. The van der Waals surface area contributed by atoms with Gasteiger partial charge in [-0.1, -0.05) is 12.1 Å². The smallest absolute Gasteiger partial charge is 0.137 e. The molecule has 0 radical (unpaired) electrons. The molecular weight excluding hydrogens is 300 g/mol. The Labute approximate surface area is 142 Å². The van der Waals surface area contributed by atoms with Crippen LogP contribution in [0.4, 0.5) is 0 Å². The molecule has 2 rings (SSSR count). The van der Waals surface area contributed by atoms with Gasteiger partial charge in [-0.25, -0.2) is 9.67 Å². The molecule has 0 atom stereocenters. The lowest BCUT2D eigenvalue weighted by Crippen LogP contribution is -2.48. The van der Waals surface area contributed by atoms with Gasteiger partial charge in [-0.3, -0.25) is 0 Å². The highest BCUT2D eigenvalue weighted by Crippen LogP contribution is 2.33. The topological polar surface area (TPSA) is 106 Å². The van der Waals surface area contributed by atoms with E-state index in [-0.39, 0.29) is 0 Å². The number of quaternary nitrogens is 1. The fourth-order valence-corrected chi connectivity index (χ4v) is 2.70. The van der Waals surface area contributed by atoms with Gasteiger partial charge in [-0.2, -0.15) is 15.6 Å². The van der Waals surface area contributed by atoms with Crippen molar-refractivity contribution < 1.29 is 5.73 Å². The van der Waals surface area contributed by atoms with E-state index in [0.717, 1.165) is 22.3 Å². The number of rotatable bonds is 5. The summed E-state index contributed by atoms with van der Waals surface area (Å²) in [4.78, 5) is 3.98. The summed E-state index contributed by atoms with van der Waals surface area (Å²) in [5.41, 5.74) is 6.63. The van der Waals surface area contributed by atoms with Crippen LogP contribution in [0, 0.1) is 22.7 Å². The number of benzene rings is 1. The molecule has 24 heavy (non-hydrogen) atoms. The van der Waals surface area contributed by atoms with E-state index < -0.39 is 10.8 Å². The summed E-state index contributed by atoms with van der Waals surface area (Å²) in [6.45, 7) is 8.66. The predicted octanol–water partition coefficient (Wildman–Crippen LogP) is 1.67. The van der Waals surface area contributed by atoms with Gasteiger partial charge in [0.15, 0.2) is 0 Å². The van der Waals surface area contributed by atoms with Crippen molar-refractivity contribution in [2.45, 2.75) is 51.6 Å². The van der Waals surface area contributed by atoms with Crippen LogP contribution in [-0.4, -0.2) is 14.8 Å².